The number of nitrogens with zero attached hydrogens (tertiary/aromatic N) is 3. The van der Waals surface area contributed by atoms with Crippen LogP contribution < -0.4 is 15.5 Å². The molecule has 1 saturated heterocycles. The Hall–Kier alpha value is -1.86. The summed E-state index contributed by atoms with van der Waals surface area (Å²) >= 11 is 0. The number of ether oxygens (including phenoxy) is 1. The lowest BCUT2D eigenvalue weighted by molar-refractivity contribution is 0.0209. The zero-order chi connectivity index (χ0) is 18.1. The van der Waals surface area contributed by atoms with Gasteiger partial charge in [0.25, 0.3) is 0 Å². The van der Waals surface area contributed by atoms with Gasteiger partial charge in [-0.3, -0.25) is 4.90 Å². The second-order valence-corrected chi connectivity index (χ2v) is 6.26. The van der Waals surface area contributed by atoms with E-state index in [1.807, 2.05) is 18.3 Å². The summed E-state index contributed by atoms with van der Waals surface area (Å²) in [4.78, 5) is 21.0. The molecule has 1 aliphatic heterocycles. The monoisotopic (exact) mass is 349 g/mol. The second kappa shape index (κ2) is 10.2. The fraction of sp³-hybridized carbons (Fsp3) is 0.667. The summed E-state index contributed by atoms with van der Waals surface area (Å²) in [5.74, 6) is 0.970. The van der Waals surface area contributed by atoms with Crippen LogP contribution in [0.25, 0.3) is 0 Å². The molecule has 0 aliphatic carbocycles. The Morgan fingerprint density at radius 2 is 2.00 bits per heavy atom. The van der Waals surface area contributed by atoms with Gasteiger partial charge in [0.05, 0.1) is 13.2 Å². The highest BCUT2D eigenvalue weighted by atomic mass is 16.5. The first-order chi connectivity index (χ1) is 12.1. The van der Waals surface area contributed by atoms with Gasteiger partial charge in [-0.15, -0.1) is 0 Å². The molecule has 1 aliphatic rings. The molecule has 140 valence electrons. The van der Waals surface area contributed by atoms with Gasteiger partial charge in [0.15, 0.2) is 0 Å². The minimum Gasteiger partial charge on any atom is -0.379 e. The van der Waals surface area contributed by atoms with E-state index in [9.17, 15) is 4.79 Å². The minimum absolute atomic E-state index is 0.145. The first-order valence-corrected chi connectivity index (χ1v) is 9.17. The third-order valence-corrected chi connectivity index (χ3v) is 4.58. The fourth-order valence-corrected chi connectivity index (χ4v) is 2.89. The van der Waals surface area contributed by atoms with Crippen LogP contribution in [-0.4, -0.2) is 67.9 Å². The Morgan fingerprint density at radius 1 is 1.28 bits per heavy atom. The smallest absolute Gasteiger partial charge is 0.315 e. The quantitative estimate of drug-likeness (QED) is 0.743. The summed E-state index contributed by atoms with van der Waals surface area (Å²) in [6.45, 7) is 12.7. The molecule has 1 aromatic rings. The van der Waals surface area contributed by atoms with Gasteiger partial charge in [0.1, 0.15) is 5.82 Å². The van der Waals surface area contributed by atoms with E-state index in [0.29, 0.717) is 19.1 Å². The lowest BCUT2D eigenvalue weighted by Crippen LogP contribution is -2.48. The fourth-order valence-electron chi connectivity index (χ4n) is 2.89. The maximum absolute atomic E-state index is 12.0. The number of hydrogen-bond acceptors (Lipinski definition) is 5. The minimum atomic E-state index is -0.145. The number of aromatic nitrogens is 1. The number of urea groups is 1. The van der Waals surface area contributed by atoms with Crippen LogP contribution in [0.15, 0.2) is 18.3 Å². The van der Waals surface area contributed by atoms with Gasteiger partial charge in [0, 0.05) is 51.5 Å². The van der Waals surface area contributed by atoms with E-state index in [0.717, 1.165) is 50.8 Å². The maximum Gasteiger partial charge on any atom is 0.315 e. The largest absolute Gasteiger partial charge is 0.379 e. The van der Waals surface area contributed by atoms with Gasteiger partial charge in [-0.2, -0.15) is 0 Å². The molecule has 7 nitrogen and oxygen atoms in total. The third kappa shape index (κ3) is 6.17. The molecule has 2 N–H and O–H groups in total. The van der Waals surface area contributed by atoms with E-state index >= 15 is 0 Å². The molecule has 1 fully saturated rings. The van der Waals surface area contributed by atoms with Crippen molar-refractivity contribution in [2.24, 2.45) is 0 Å². The Balaban J connectivity index is 1.70. The van der Waals surface area contributed by atoms with E-state index < -0.39 is 0 Å². The Labute approximate surface area is 150 Å². The van der Waals surface area contributed by atoms with Crippen molar-refractivity contribution >= 4 is 11.8 Å². The SMILES string of the molecule is CCN(CC)c1ccc(CNC(=O)NC[C@@H](C)N2CCOCC2)cn1. The van der Waals surface area contributed by atoms with Crippen LogP contribution in [0, 0.1) is 0 Å². The van der Waals surface area contributed by atoms with Gasteiger partial charge in [-0.25, -0.2) is 9.78 Å². The zero-order valence-corrected chi connectivity index (χ0v) is 15.6. The molecule has 7 heteroatoms. The number of carbonyl (C=O) groups excluding carboxylic acids is 1. The van der Waals surface area contributed by atoms with Gasteiger partial charge in [0.2, 0.25) is 0 Å². The predicted octanol–water partition coefficient (Wildman–Crippen LogP) is 1.45. The summed E-state index contributed by atoms with van der Waals surface area (Å²) in [5.41, 5.74) is 0.993. The van der Waals surface area contributed by atoms with Crippen LogP contribution in [0.2, 0.25) is 0 Å². The van der Waals surface area contributed by atoms with Crippen molar-refractivity contribution in [1.82, 2.24) is 20.5 Å². The molecule has 25 heavy (non-hydrogen) atoms. The normalized spacial score (nSPS) is 16.3. The van der Waals surface area contributed by atoms with E-state index in [-0.39, 0.29) is 6.03 Å². The molecule has 2 amide bonds. The number of carbonyl (C=O) groups is 1. The molecule has 0 bridgehead atoms. The standard InChI is InChI=1S/C18H31N5O2/c1-4-22(5-2)17-7-6-16(13-19-17)14-21-18(24)20-12-15(3)23-8-10-25-11-9-23/h6-7,13,15H,4-5,8-12,14H2,1-3H3,(H2,20,21,24)/t15-/m1/s1. The Bertz CT molecular complexity index is 513. The van der Waals surface area contributed by atoms with Gasteiger partial charge in [-0.1, -0.05) is 6.07 Å². The zero-order valence-electron chi connectivity index (χ0n) is 15.6. The molecule has 0 unspecified atom stereocenters. The number of morpholine rings is 1. The van der Waals surface area contributed by atoms with E-state index in [2.05, 4.69) is 46.2 Å². The van der Waals surface area contributed by atoms with Crippen molar-refractivity contribution in [2.45, 2.75) is 33.4 Å². The van der Waals surface area contributed by atoms with Gasteiger partial charge >= 0.3 is 6.03 Å². The number of rotatable bonds is 8. The molecular formula is C18H31N5O2. The molecule has 0 saturated carbocycles. The van der Waals surface area contributed by atoms with Crippen molar-refractivity contribution in [1.29, 1.82) is 0 Å². The number of anilines is 1. The second-order valence-electron chi connectivity index (χ2n) is 6.26. The molecule has 0 spiro atoms. The molecule has 0 radical (unpaired) electrons. The molecule has 1 aromatic heterocycles. The van der Waals surface area contributed by atoms with E-state index in [1.54, 1.807) is 0 Å². The molecular weight excluding hydrogens is 318 g/mol. The highest BCUT2D eigenvalue weighted by molar-refractivity contribution is 5.73. The summed E-state index contributed by atoms with van der Waals surface area (Å²) in [7, 11) is 0. The predicted molar refractivity (Wildman–Crippen MR) is 99.9 cm³/mol. The highest BCUT2D eigenvalue weighted by Gasteiger charge is 2.17. The summed E-state index contributed by atoms with van der Waals surface area (Å²) in [6.07, 6.45) is 1.82. The number of nitrogens with one attached hydrogen (secondary N) is 2. The van der Waals surface area contributed by atoms with Crippen molar-refractivity contribution in [2.75, 3.05) is 50.8 Å². The lowest BCUT2D eigenvalue weighted by Gasteiger charge is -2.32. The maximum atomic E-state index is 12.0. The van der Waals surface area contributed by atoms with Gasteiger partial charge in [-0.05, 0) is 32.4 Å². The van der Waals surface area contributed by atoms with Crippen molar-refractivity contribution in [3.63, 3.8) is 0 Å². The average molecular weight is 349 g/mol. The highest BCUT2D eigenvalue weighted by Crippen LogP contribution is 2.10. The molecule has 1 atom stereocenters. The van der Waals surface area contributed by atoms with Crippen molar-refractivity contribution < 1.29 is 9.53 Å². The summed E-state index contributed by atoms with van der Waals surface area (Å²) in [5, 5.41) is 5.82. The van der Waals surface area contributed by atoms with Crippen LogP contribution in [-0.2, 0) is 11.3 Å². The number of hydrogen-bond donors (Lipinski definition) is 2. The number of amides is 2. The van der Waals surface area contributed by atoms with Crippen LogP contribution in [0.5, 0.6) is 0 Å². The topological polar surface area (TPSA) is 69.7 Å². The molecule has 2 heterocycles. The molecule has 2 rings (SSSR count). The Morgan fingerprint density at radius 3 is 2.60 bits per heavy atom. The first kappa shape index (κ1) is 19.5. The molecule has 0 aromatic carbocycles. The Kier molecular flexibility index (Phi) is 7.94. The third-order valence-electron chi connectivity index (χ3n) is 4.58. The van der Waals surface area contributed by atoms with Crippen LogP contribution in [0.3, 0.4) is 0 Å². The summed E-state index contributed by atoms with van der Waals surface area (Å²) < 4.78 is 5.35. The lowest BCUT2D eigenvalue weighted by atomic mass is 10.2. The van der Waals surface area contributed by atoms with Crippen LogP contribution in [0.4, 0.5) is 10.6 Å². The van der Waals surface area contributed by atoms with Crippen molar-refractivity contribution in [3.05, 3.63) is 23.9 Å². The first-order valence-electron chi connectivity index (χ1n) is 9.17. The number of pyridine rings is 1. The summed E-state index contributed by atoms with van der Waals surface area (Å²) in [6, 6.07) is 4.18. The van der Waals surface area contributed by atoms with E-state index in [4.69, 9.17) is 4.74 Å². The van der Waals surface area contributed by atoms with Crippen molar-refractivity contribution in [3.8, 4) is 0 Å². The van der Waals surface area contributed by atoms with Gasteiger partial charge < -0.3 is 20.3 Å². The van der Waals surface area contributed by atoms with Crippen LogP contribution >= 0.6 is 0 Å². The van der Waals surface area contributed by atoms with Crippen LogP contribution in [0.1, 0.15) is 26.3 Å². The average Bonchev–Trinajstić information content (AvgIpc) is 2.67. The van der Waals surface area contributed by atoms with E-state index in [1.165, 1.54) is 0 Å².